The summed E-state index contributed by atoms with van der Waals surface area (Å²) in [6.07, 6.45) is -2.22. The highest BCUT2D eigenvalue weighted by molar-refractivity contribution is 5.78. The fourth-order valence-electron chi connectivity index (χ4n) is 3.44. The van der Waals surface area contributed by atoms with Crippen molar-refractivity contribution >= 4 is 5.91 Å². The normalized spacial score (nSPS) is 16.6. The molecule has 1 aliphatic heterocycles. The number of rotatable bonds is 5. The van der Waals surface area contributed by atoms with Crippen LogP contribution in [-0.2, 0) is 15.7 Å². The Kier molecular flexibility index (Phi) is 6.36. The number of carbonyl (C=O) groups is 1. The van der Waals surface area contributed by atoms with E-state index in [2.05, 4.69) is 9.97 Å². The molecular weight excluding hydrogens is 423 g/mol. The first kappa shape index (κ1) is 21.8. The summed E-state index contributed by atoms with van der Waals surface area (Å²) < 4.78 is 50.8. The zero-order valence-corrected chi connectivity index (χ0v) is 17.0. The third kappa shape index (κ3) is 5.05. The molecule has 0 aliphatic carbocycles. The van der Waals surface area contributed by atoms with Crippen molar-refractivity contribution in [1.29, 1.82) is 0 Å². The minimum Gasteiger partial charge on any atom is -0.484 e. The number of halogens is 3. The van der Waals surface area contributed by atoms with Crippen molar-refractivity contribution in [3.63, 3.8) is 0 Å². The van der Waals surface area contributed by atoms with Gasteiger partial charge in [-0.2, -0.15) is 13.2 Å². The van der Waals surface area contributed by atoms with Crippen LogP contribution in [0.25, 0.3) is 11.3 Å². The molecule has 0 radical (unpaired) electrons. The van der Waals surface area contributed by atoms with Gasteiger partial charge in [-0.25, -0.2) is 0 Å². The number of benzene rings is 2. The Labute approximate surface area is 182 Å². The van der Waals surface area contributed by atoms with Gasteiger partial charge in [0.15, 0.2) is 6.61 Å². The van der Waals surface area contributed by atoms with Gasteiger partial charge < -0.3 is 14.4 Å². The van der Waals surface area contributed by atoms with E-state index in [1.54, 1.807) is 23.1 Å². The summed E-state index contributed by atoms with van der Waals surface area (Å²) in [7, 11) is 0. The molecule has 1 fully saturated rings. The standard InChI is InChI=1S/C23H20F3N3O3/c24-23(25,26)17-6-4-5-16(13-17)21-22(28-10-9-27-21)19-14-29(11-12-31-19)20(30)15-32-18-7-2-1-3-8-18/h1-10,13,19H,11-12,14-15H2. The number of amides is 1. The van der Waals surface area contributed by atoms with Crippen molar-refractivity contribution in [3.05, 3.63) is 78.2 Å². The molecule has 1 unspecified atom stereocenters. The number of alkyl halides is 3. The van der Waals surface area contributed by atoms with Crippen molar-refractivity contribution in [2.75, 3.05) is 26.3 Å². The number of hydrogen-bond acceptors (Lipinski definition) is 5. The van der Waals surface area contributed by atoms with Gasteiger partial charge >= 0.3 is 6.18 Å². The third-order valence-corrected chi connectivity index (χ3v) is 5.02. The molecule has 9 heteroatoms. The maximum atomic E-state index is 13.2. The predicted molar refractivity (Wildman–Crippen MR) is 110 cm³/mol. The number of morpholine rings is 1. The summed E-state index contributed by atoms with van der Waals surface area (Å²) in [5.74, 6) is 0.373. The summed E-state index contributed by atoms with van der Waals surface area (Å²) in [6, 6.07) is 13.9. The molecule has 1 saturated heterocycles. The summed E-state index contributed by atoms with van der Waals surface area (Å²) in [5.41, 5.74) is 0.181. The van der Waals surface area contributed by atoms with Crippen LogP contribution in [0, 0.1) is 0 Å². The Hall–Kier alpha value is -3.46. The largest absolute Gasteiger partial charge is 0.484 e. The average Bonchev–Trinajstić information content (AvgIpc) is 2.83. The Balaban J connectivity index is 1.51. The highest BCUT2D eigenvalue weighted by Crippen LogP contribution is 2.34. The fraction of sp³-hybridized carbons (Fsp3) is 0.261. The van der Waals surface area contributed by atoms with Gasteiger partial charge in [0.25, 0.3) is 5.91 Å². The number of aromatic nitrogens is 2. The van der Waals surface area contributed by atoms with Gasteiger partial charge in [-0.3, -0.25) is 14.8 Å². The minimum atomic E-state index is -4.47. The quantitative estimate of drug-likeness (QED) is 0.593. The number of nitrogens with zero attached hydrogens (tertiary/aromatic N) is 3. The monoisotopic (exact) mass is 443 g/mol. The van der Waals surface area contributed by atoms with Crippen LogP contribution in [0.5, 0.6) is 5.75 Å². The van der Waals surface area contributed by atoms with E-state index in [4.69, 9.17) is 9.47 Å². The Morgan fingerprint density at radius 2 is 1.88 bits per heavy atom. The second-order valence-electron chi connectivity index (χ2n) is 7.17. The molecule has 0 spiro atoms. The maximum absolute atomic E-state index is 13.2. The Bertz CT molecular complexity index is 1080. The molecule has 1 atom stereocenters. The molecule has 4 rings (SSSR count). The lowest BCUT2D eigenvalue weighted by atomic mass is 10.0. The summed E-state index contributed by atoms with van der Waals surface area (Å²) in [5, 5.41) is 0. The Morgan fingerprint density at radius 3 is 2.66 bits per heavy atom. The van der Waals surface area contributed by atoms with Gasteiger partial charge in [-0.15, -0.1) is 0 Å². The second kappa shape index (κ2) is 9.35. The molecule has 166 valence electrons. The molecule has 1 aliphatic rings. The first-order valence-corrected chi connectivity index (χ1v) is 9.97. The first-order valence-electron chi connectivity index (χ1n) is 9.97. The molecule has 32 heavy (non-hydrogen) atoms. The molecule has 1 aromatic heterocycles. The Morgan fingerprint density at radius 1 is 1.09 bits per heavy atom. The first-order chi connectivity index (χ1) is 15.4. The molecule has 3 aromatic rings. The number of para-hydroxylation sites is 1. The smallest absolute Gasteiger partial charge is 0.416 e. The SMILES string of the molecule is O=C(COc1ccccc1)N1CCOC(c2nccnc2-c2cccc(C(F)(F)F)c2)C1. The lowest BCUT2D eigenvalue weighted by molar-refractivity contribution is -0.141. The van der Waals surface area contributed by atoms with E-state index >= 15 is 0 Å². The summed E-state index contributed by atoms with van der Waals surface area (Å²) in [6.45, 7) is 0.715. The van der Waals surface area contributed by atoms with Crippen LogP contribution in [0.15, 0.2) is 67.0 Å². The van der Waals surface area contributed by atoms with Crippen LogP contribution in [0.2, 0.25) is 0 Å². The van der Waals surface area contributed by atoms with Gasteiger partial charge in [0.2, 0.25) is 0 Å². The van der Waals surface area contributed by atoms with E-state index in [1.807, 2.05) is 18.2 Å². The van der Waals surface area contributed by atoms with Crippen LogP contribution in [0.3, 0.4) is 0 Å². The maximum Gasteiger partial charge on any atom is 0.416 e. The average molecular weight is 443 g/mol. The van der Waals surface area contributed by atoms with E-state index in [0.717, 1.165) is 12.1 Å². The van der Waals surface area contributed by atoms with Crippen molar-refractivity contribution < 1.29 is 27.4 Å². The lowest BCUT2D eigenvalue weighted by Crippen LogP contribution is -2.44. The van der Waals surface area contributed by atoms with Crippen LogP contribution in [-0.4, -0.2) is 47.1 Å². The lowest BCUT2D eigenvalue weighted by Gasteiger charge is -2.33. The van der Waals surface area contributed by atoms with Gasteiger partial charge in [-0.05, 0) is 24.3 Å². The summed E-state index contributed by atoms with van der Waals surface area (Å²) >= 11 is 0. The molecule has 1 amide bonds. The summed E-state index contributed by atoms with van der Waals surface area (Å²) in [4.78, 5) is 22.8. The molecule has 2 heterocycles. The van der Waals surface area contributed by atoms with E-state index < -0.39 is 17.8 Å². The zero-order valence-electron chi connectivity index (χ0n) is 17.0. The van der Waals surface area contributed by atoms with Gasteiger partial charge in [0.05, 0.1) is 30.1 Å². The number of carbonyl (C=O) groups excluding carboxylic acids is 1. The molecule has 0 saturated carbocycles. The van der Waals surface area contributed by atoms with Crippen LogP contribution in [0.4, 0.5) is 13.2 Å². The van der Waals surface area contributed by atoms with E-state index in [0.29, 0.717) is 23.7 Å². The zero-order chi connectivity index (χ0) is 22.6. The molecule has 6 nitrogen and oxygen atoms in total. The molecule has 0 bridgehead atoms. The van der Waals surface area contributed by atoms with Crippen LogP contribution < -0.4 is 4.74 Å². The number of ether oxygens (including phenoxy) is 2. The highest BCUT2D eigenvalue weighted by atomic mass is 19.4. The molecule has 2 aromatic carbocycles. The van der Waals surface area contributed by atoms with Crippen molar-refractivity contribution in [2.45, 2.75) is 12.3 Å². The third-order valence-electron chi connectivity index (χ3n) is 5.02. The minimum absolute atomic E-state index is 0.127. The van der Waals surface area contributed by atoms with Crippen molar-refractivity contribution in [3.8, 4) is 17.0 Å². The fourth-order valence-corrected chi connectivity index (χ4v) is 3.44. The van der Waals surface area contributed by atoms with Gasteiger partial charge in [-0.1, -0.05) is 30.3 Å². The van der Waals surface area contributed by atoms with E-state index in [9.17, 15) is 18.0 Å². The van der Waals surface area contributed by atoms with Crippen LogP contribution in [0.1, 0.15) is 17.4 Å². The highest BCUT2D eigenvalue weighted by Gasteiger charge is 2.32. The van der Waals surface area contributed by atoms with Gasteiger partial charge in [0.1, 0.15) is 11.9 Å². The van der Waals surface area contributed by atoms with E-state index in [-0.39, 0.29) is 31.2 Å². The molecule has 0 N–H and O–H groups in total. The van der Waals surface area contributed by atoms with Crippen LogP contribution >= 0.6 is 0 Å². The predicted octanol–water partition coefficient (Wildman–Crippen LogP) is 4.14. The van der Waals surface area contributed by atoms with Crippen molar-refractivity contribution in [1.82, 2.24) is 14.9 Å². The number of hydrogen-bond donors (Lipinski definition) is 0. The second-order valence-corrected chi connectivity index (χ2v) is 7.17. The van der Waals surface area contributed by atoms with Gasteiger partial charge in [0, 0.05) is 24.5 Å². The molecular formula is C23H20F3N3O3. The van der Waals surface area contributed by atoms with E-state index in [1.165, 1.54) is 18.5 Å². The topological polar surface area (TPSA) is 64.5 Å². The van der Waals surface area contributed by atoms with Crippen molar-refractivity contribution in [2.24, 2.45) is 0 Å².